The highest BCUT2D eigenvalue weighted by molar-refractivity contribution is 5.98. The van der Waals surface area contributed by atoms with Crippen molar-refractivity contribution in [2.45, 2.75) is 26.8 Å². The van der Waals surface area contributed by atoms with E-state index in [1.165, 1.54) is 0 Å². The van der Waals surface area contributed by atoms with Crippen molar-refractivity contribution < 1.29 is 4.79 Å². The van der Waals surface area contributed by atoms with Gasteiger partial charge in [0.25, 0.3) is 5.91 Å². The lowest BCUT2D eigenvalue weighted by molar-refractivity contribution is 0.0784. The second kappa shape index (κ2) is 4.27. The Morgan fingerprint density at radius 2 is 1.79 bits per heavy atom. The summed E-state index contributed by atoms with van der Waals surface area (Å²) < 4.78 is 0. The van der Waals surface area contributed by atoms with E-state index in [2.05, 4.69) is 0 Å². The standard InChI is InChI=1S/C10H11NO.C2H6/c1-7-8-5-3-4-6-9(8)10(12)11(7)2;1-2/h3-7H,1-2H3;1-2H3. The van der Waals surface area contributed by atoms with Gasteiger partial charge in [0.2, 0.25) is 0 Å². The van der Waals surface area contributed by atoms with E-state index >= 15 is 0 Å². The molecule has 0 saturated carbocycles. The topological polar surface area (TPSA) is 20.3 Å². The normalized spacial score (nSPS) is 18.7. The average Bonchev–Trinajstić information content (AvgIpc) is 2.48. The first-order chi connectivity index (χ1) is 6.72. The van der Waals surface area contributed by atoms with Crippen molar-refractivity contribution in [1.29, 1.82) is 0 Å². The van der Waals surface area contributed by atoms with E-state index < -0.39 is 0 Å². The summed E-state index contributed by atoms with van der Waals surface area (Å²) in [6.45, 7) is 6.05. The van der Waals surface area contributed by atoms with Crippen LogP contribution in [0.3, 0.4) is 0 Å². The largest absolute Gasteiger partial charge is 0.335 e. The van der Waals surface area contributed by atoms with Crippen LogP contribution in [-0.2, 0) is 0 Å². The van der Waals surface area contributed by atoms with Crippen LogP contribution in [-0.4, -0.2) is 17.9 Å². The minimum Gasteiger partial charge on any atom is -0.335 e. The van der Waals surface area contributed by atoms with Crippen LogP contribution >= 0.6 is 0 Å². The second-order valence-corrected chi connectivity index (χ2v) is 3.18. The summed E-state index contributed by atoms with van der Waals surface area (Å²) in [6, 6.07) is 8.01. The first-order valence-electron chi connectivity index (χ1n) is 5.08. The van der Waals surface area contributed by atoms with E-state index in [4.69, 9.17) is 0 Å². The quantitative estimate of drug-likeness (QED) is 0.617. The molecule has 1 aromatic rings. The van der Waals surface area contributed by atoms with Crippen LogP contribution in [0.2, 0.25) is 0 Å². The summed E-state index contributed by atoms with van der Waals surface area (Å²) in [4.78, 5) is 13.3. The molecule has 0 bridgehead atoms. The fourth-order valence-electron chi connectivity index (χ4n) is 1.63. The molecule has 1 unspecified atom stereocenters. The third-order valence-corrected chi connectivity index (χ3v) is 2.54. The van der Waals surface area contributed by atoms with E-state index in [1.807, 2.05) is 52.1 Å². The number of hydrogen-bond acceptors (Lipinski definition) is 1. The Kier molecular flexibility index (Phi) is 3.28. The Morgan fingerprint density at radius 1 is 1.21 bits per heavy atom. The number of rotatable bonds is 0. The predicted molar refractivity (Wildman–Crippen MR) is 58.3 cm³/mol. The van der Waals surface area contributed by atoms with Crippen LogP contribution in [0.5, 0.6) is 0 Å². The number of carbonyl (C=O) groups excluding carboxylic acids is 1. The maximum atomic E-state index is 11.5. The van der Waals surface area contributed by atoms with E-state index in [0.29, 0.717) is 0 Å². The van der Waals surface area contributed by atoms with Crippen molar-refractivity contribution in [3.63, 3.8) is 0 Å². The molecule has 2 nitrogen and oxygen atoms in total. The number of hydrogen-bond donors (Lipinski definition) is 0. The van der Waals surface area contributed by atoms with Crippen LogP contribution in [0.1, 0.15) is 42.7 Å². The summed E-state index contributed by atoms with van der Waals surface area (Å²) in [5, 5.41) is 0. The summed E-state index contributed by atoms with van der Waals surface area (Å²) in [6.07, 6.45) is 0. The molecule has 2 rings (SSSR count). The fraction of sp³-hybridized carbons (Fsp3) is 0.417. The van der Waals surface area contributed by atoms with Gasteiger partial charge in [0.05, 0.1) is 6.04 Å². The summed E-state index contributed by atoms with van der Waals surface area (Å²) in [5.74, 6) is 0.137. The zero-order chi connectivity index (χ0) is 10.7. The molecule has 0 fully saturated rings. The molecule has 0 radical (unpaired) electrons. The van der Waals surface area contributed by atoms with Gasteiger partial charge < -0.3 is 4.90 Å². The minimum absolute atomic E-state index is 0.137. The molecular weight excluding hydrogens is 174 g/mol. The lowest BCUT2D eigenvalue weighted by atomic mass is 10.1. The van der Waals surface area contributed by atoms with Crippen molar-refractivity contribution in [3.8, 4) is 0 Å². The lowest BCUT2D eigenvalue weighted by Crippen LogP contribution is -2.20. The van der Waals surface area contributed by atoms with Crippen LogP contribution < -0.4 is 0 Å². The van der Waals surface area contributed by atoms with E-state index in [-0.39, 0.29) is 11.9 Å². The number of nitrogens with zero attached hydrogens (tertiary/aromatic N) is 1. The molecule has 1 amide bonds. The third-order valence-electron chi connectivity index (χ3n) is 2.54. The Labute approximate surface area is 85.5 Å². The molecule has 0 spiro atoms. The number of carbonyl (C=O) groups is 1. The zero-order valence-electron chi connectivity index (χ0n) is 9.24. The van der Waals surface area contributed by atoms with Gasteiger partial charge in [-0.2, -0.15) is 0 Å². The zero-order valence-corrected chi connectivity index (χ0v) is 9.24. The van der Waals surface area contributed by atoms with Crippen molar-refractivity contribution in [3.05, 3.63) is 35.4 Å². The lowest BCUT2D eigenvalue weighted by Gasteiger charge is -2.14. The van der Waals surface area contributed by atoms with Crippen molar-refractivity contribution >= 4 is 5.91 Å². The van der Waals surface area contributed by atoms with Crippen LogP contribution in [0.15, 0.2) is 24.3 Å². The molecule has 0 saturated heterocycles. The highest BCUT2D eigenvalue weighted by Gasteiger charge is 2.29. The average molecular weight is 191 g/mol. The minimum atomic E-state index is 0.137. The van der Waals surface area contributed by atoms with Gasteiger partial charge in [-0.05, 0) is 18.6 Å². The maximum absolute atomic E-state index is 11.5. The molecule has 76 valence electrons. The van der Waals surface area contributed by atoms with Crippen LogP contribution in [0, 0.1) is 0 Å². The molecule has 0 N–H and O–H groups in total. The van der Waals surface area contributed by atoms with E-state index in [1.54, 1.807) is 4.90 Å². The second-order valence-electron chi connectivity index (χ2n) is 3.18. The molecule has 1 aliphatic heterocycles. The van der Waals surface area contributed by atoms with Gasteiger partial charge in [0.1, 0.15) is 0 Å². The van der Waals surface area contributed by atoms with E-state index in [0.717, 1.165) is 11.1 Å². The highest BCUT2D eigenvalue weighted by Crippen LogP contribution is 2.30. The number of fused-ring (bicyclic) bond motifs is 1. The number of amides is 1. The van der Waals surface area contributed by atoms with Gasteiger partial charge >= 0.3 is 0 Å². The van der Waals surface area contributed by atoms with E-state index in [9.17, 15) is 4.79 Å². The van der Waals surface area contributed by atoms with Gasteiger partial charge in [0, 0.05) is 12.6 Å². The Balaban J connectivity index is 0.000000461. The van der Waals surface area contributed by atoms with Crippen molar-refractivity contribution in [2.75, 3.05) is 7.05 Å². The molecule has 1 atom stereocenters. The predicted octanol–water partition coefficient (Wildman–Crippen LogP) is 2.86. The number of benzene rings is 1. The van der Waals surface area contributed by atoms with Crippen LogP contribution in [0.4, 0.5) is 0 Å². The Morgan fingerprint density at radius 3 is 2.36 bits per heavy atom. The Hall–Kier alpha value is -1.31. The maximum Gasteiger partial charge on any atom is 0.254 e. The fourth-order valence-corrected chi connectivity index (χ4v) is 1.63. The van der Waals surface area contributed by atoms with Crippen molar-refractivity contribution in [1.82, 2.24) is 4.90 Å². The van der Waals surface area contributed by atoms with Gasteiger partial charge in [-0.1, -0.05) is 32.0 Å². The van der Waals surface area contributed by atoms with Gasteiger partial charge in [-0.25, -0.2) is 0 Å². The monoisotopic (exact) mass is 191 g/mol. The molecule has 2 heteroatoms. The van der Waals surface area contributed by atoms with Crippen molar-refractivity contribution in [2.24, 2.45) is 0 Å². The first-order valence-corrected chi connectivity index (χ1v) is 5.08. The smallest absolute Gasteiger partial charge is 0.254 e. The highest BCUT2D eigenvalue weighted by atomic mass is 16.2. The molecule has 0 aliphatic carbocycles. The van der Waals surface area contributed by atoms with Crippen LogP contribution in [0.25, 0.3) is 0 Å². The van der Waals surface area contributed by atoms with Gasteiger partial charge in [-0.3, -0.25) is 4.79 Å². The molecular formula is C12H17NO. The first kappa shape index (κ1) is 10.8. The van der Waals surface area contributed by atoms with Gasteiger partial charge in [-0.15, -0.1) is 0 Å². The molecule has 1 aliphatic rings. The summed E-state index contributed by atoms with van der Waals surface area (Å²) >= 11 is 0. The molecule has 14 heavy (non-hydrogen) atoms. The SMILES string of the molecule is CC.CC1c2ccccc2C(=O)N1C. The Bertz CT molecular complexity index is 333. The van der Waals surface area contributed by atoms with Gasteiger partial charge in [0.15, 0.2) is 0 Å². The molecule has 1 heterocycles. The molecule has 1 aromatic carbocycles. The summed E-state index contributed by atoms with van der Waals surface area (Å²) in [7, 11) is 1.84. The third kappa shape index (κ3) is 1.52. The summed E-state index contributed by atoms with van der Waals surface area (Å²) in [5.41, 5.74) is 2.00. The molecule has 0 aromatic heterocycles.